The Bertz CT molecular complexity index is 2480. The molecule has 7 rings (SSSR count). The van der Waals surface area contributed by atoms with E-state index in [1.165, 1.54) is 67.8 Å². The fourth-order valence-electron chi connectivity index (χ4n) is 5.70. The molecule has 0 aliphatic rings. The highest BCUT2D eigenvalue weighted by molar-refractivity contribution is 5.89. The van der Waals surface area contributed by atoms with Crippen molar-refractivity contribution in [3.05, 3.63) is 108 Å². The predicted octanol–water partition coefficient (Wildman–Crippen LogP) is 6.17. The number of hydrogen-bond donors (Lipinski definition) is 3. The van der Waals surface area contributed by atoms with Crippen LogP contribution in [-0.2, 0) is 25.4 Å². The second-order valence-electron chi connectivity index (χ2n) is 11.3. The van der Waals surface area contributed by atoms with Gasteiger partial charge >= 0.3 is 6.18 Å². The molecule has 0 saturated heterocycles. The smallest absolute Gasteiger partial charge is 0.422 e. The first kappa shape index (κ1) is 34.6. The summed E-state index contributed by atoms with van der Waals surface area (Å²) >= 11 is 0. The molecule has 0 atom stereocenters. The zero-order valence-electron chi connectivity index (χ0n) is 26.9. The molecule has 0 fully saturated rings. The Labute approximate surface area is 294 Å². The maximum Gasteiger partial charge on any atom is 0.422 e. The number of nitrogens with one attached hydrogen (secondary N) is 1. The predicted molar refractivity (Wildman–Crippen MR) is 177 cm³/mol. The monoisotopic (exact) mass is 731 g/mol. The van der Waals surface area contributed by atoms with E-state index >= 15 is 0 Å². The van der Waals surface area contributed by atoms with Gasteiger partial charge in [-0.25, -0.2) is 48.7 Å². The van der Waals surface area contributed by atoms with Crippen LogP contribution in [0.15, 0.2) is 67.8 Å². The second kappa shape index (κ2) is 14.1. The Balaban J connectivity index is 1.19. The molecule has 5 heterocycles. The number of ether oxygens (including phenoxy) is 1. The van der Waals surface area contributed by atoms with Crippen molar-refractivity contribution in [1.29, 1.82) is 0 Å². The molecular weight excluding hydrogens is 708 g/mol. The highest BCUT2D eigenvalue weighted by Crippen LogP contribution is 2.40. The van der Waals surface area contributed by atoms with Gasteiger partial charge in [-0.05, 0) is 54.2 Å². The van der Waals surface area contributed by atoms with Gasteiger partial charge in [-0.15, -0.1) is 0 Å². The van der Waals surface area contributed by atoms with Gasteiger partial charge in [-0.3, -0.25) is 0 Å². The maximum atomic E-state index is 14.5. The summed E-state index contributed by atoms with van der Waals surface area (Å²) in [5, 5.41) is 14.3. The summed E-state index contributed by atoms with van der Waals surface area (Å²) in [7, 11) is 0. The number of benzene rings is 2. The molecule has 0 spiro atoms. The Kier molecular flexibility index (Phi) is 9.21. The Morgan fingerprint density at radius 3 is 2.11 bits per heavy atom. The number of aromatic nitrogens is 9. The van der Waals surface area contributed by atoms with Gasteiger partial charge in [0.2, 0.25) is 5.82 Å². The topological polar surface area (TPSA) is 184 Å². The van der Waals surface area contributed by atoms with E-state index in [1.807, 2.05) is 0 Å². The molecule has 0 bridgehead atoms. The van der Waals surface area contributed by atoms with Crippen LogP contribution in [-0.4, -0.2) is 56.5 Å². The van der Waals surface area contributed by atoms with Crippen LogP contribution in [0.2, 0.25) is 0 Å². The molecule has 0 aliphatic carbocycles. The van der Waals surface area contributed by atoms with E-state index in [0.717, 1.165) is 0 Å². The molecule has 0 aliphatic heterocycles. The normalized spacial score (nSPS) is 11.7. The lowest BCUT2D eigenvalue weighted by molar-refractivity contribution is -0.143. The molecule has 0 radical (unpaired) electrons. The summed E-state index contributed by atoms with van der Waals surface area (Å²) in [5.74, 6) is -8.16. The summed E-state index contributed by atoms with van der Waals surface area (Å²) in [5.41, 5.74) is 8.64. The fourth-order valence-corrected chi connectivity index (χ4v) is 5.70. The van der Waals surface area contributed by atoms with E-state index in [9.17, 15) is 31.4 Å². The third-order valence-corrected chi connectivity index (χ3v) is 8.13. The number of fused-ring (bicyclic) bond motifs is 2. The molecule has 0 saturated carbocycles. The number of aryl methyl sites for hydroxylation is 1. The van der Waals surface area contributed by atoms with E-state index in [-0.39, 0.29) is 23.6 Å². The number of pyridine rings is 1. The van der Waals surface area contributed by atoms with Crippen molar-refractivity contribution >= 4 is 33.8 Å². The van der Waals surface area contributed by atoms with Crippen LogP contribution in [0.3, 0.4) is 0 Å². The van der Waals surface area contributed by atoms with Crippen molar-refractivity contribution in [1.82, 2.24) is 44.9 Å². The van der Waals surface area contributed by atoms with Crippen LogP contribution in [0.5, 0.6) is 17.4 Å². The third kappa shape index (κ3) is 6.95. The van der Waals surface area contributed by atoms with Gasteiger partial charge in [0.25, 0.3) is 11.8 Å². The van der Waals surface area contributed by atoms with E-state index < -0.39 is 35.2 Å². The summed E-state index contributed by atoms with van der Waals surface area (Å²) in [4.78, 5) is 37.2. The SMILES string of the molecule is Nc1c(O)cc(-c2ncnc3nccnc23)c(CCNc2ncnc3nccnc23)c1CCc1ccc(Oc2nc(F)c(F)c(C(F)(F)F)c2F)cc1. The highest BCUT2D eigenvalue weighted by Gasteiger charge is 2.42. The van der Waals surface area contributed by atoms with Gasteiger partial charge in [0.1, 0.15) is 46.4 Å². The first-order valence-corrected chi connectivity index (χ1v) is 15.6. The number of nitrogens with two attached hydrogens (primary N) is 1. The number of phenolic OH excluding ortho intramolecular Hbond substituents is 1. The van der Waals surface area contributed by atoms with Gasteiger partial charge in [-0.2, -0.15) is 22.5 Å². The summed E-state index contributed by atoms with van der Waals surface area (Å²) < 4.78 is 86.7. The van der Waals surface area contributed by atoms with E-state index in [2.05, 4.69) is 50.2 Å². The summed E-state index contributed by atoms with van der Waals surface area (Å²) in [6, 6.07) is 7.17. The number of anilines is 2. The lowest BCUT2D eigenvalue weighted by atomic mass is 9.90. The van der Waals surface area contributed by atoms with Crippen molar-refractivity contribution in [2.24, 2.45) is 0 Å². The molecular formula is C34H23F6N11O2. The Hall–Kier alpha value is -6.79. The molecule has 4 N–H and O–H groups in total. The van der Waals surface area contributed by atoms with Gasteiger partial charge in [0, 0.05) is 36.9 Å². The molecule has 5 aromatic heterocycles. The first-order valence-electron chi connectivity index (χ1n) is 15.6. The lowest BCUT2D eigenvalue weighted by Gasteiger charge is -2.19. The number of halogens is 6. The average molecular weight is 732 g/mol. The summed E-state index contributed by atoms with van der Waals surface area (Å²) in [6.45, 7) is 0.318. The lowest BCUT2D eigenvalue weighted by Crippen LogP contribution is -2.15. The molecule has 7 aromatic rings. The number of alkyl halides is 3. The molecule has 19 heteroatoms. The summed E-state index contributed by atoms with van der Waals surface area (Å²) in [6.07, 6.45) is 4.12. The zero-order chi connectivity index (χ0) is 37.3. The molecule has 0 unspecified atom stereocenters. The van der Waals surface area contributed by atoms with Crippen molar-refractivity contribution in [3.8, 4) is 28.6 Å². The van der Waals surface area contributed by atoms with Crippen LogP contribution >= 0.6 is 0 Å². The van der Waals surface area contributed by atoms with Crippen LogP contribution in [0, 0.1) is 17.6 Å². The third-order valence-electron chi connectivity index (χ3n) is 8.13. The van der Waals surface area contributed by atoms with Crippen molar-refractivity contribution in [2.45, 2.75) is 25.4 Å². The minimum absolute atomic E-state index is 0.117. The van der Waals surface area contributed by atoms with Crippen molar-refractivity contribution < 1.29 is 36.2 Å². The van der Waals surface area contributed by atoms with Crippen LogP contribution in [0.4, 0.5) is 37.8 Å². The number of hydrogen-bond acceptors (Lipinski definition) is 13. The van der Waals surface area contributed by atoms with Gasteiger partial charge in [-0.1, -0.05) is 12.1 Å². The first-order chi connectivity index (χ1) is 25.5. The van der Waals surface area contributed by atoms with Crippen LogP contribution < -0.4 is 15.8 Å². The number of phenols is 1. The molecule has 53 heavy (non-hydrogen) atoms. The van der Waals surface area contributed by atoms with Crippen LogP contribution in [0.25, 0.3) is 33.6 Å². The number of nitrogens with zero attached hydrogens (tertiary/aromatic N) is 9. The van der Waals surface area contributed by atoms with Crippen molar-refractivity contribution in [2.75, 3.05) is 17.6 Å². The molecule has 268 valence electrons. The minimum Gasteiger partial charge on any atom is -0.506 e. The average Bonchev–Trinajstić information content (AvgIpc) is 3.15. The Morgan fingerprint density at radius 2 is 1.40 bits per heavy atom. The largest absolute Gasteiger partial charge is 0.506 e. The molecule has 2 aromatic carbocycles. The Morgan fingerprint density at radius 1 is 0.736 bits per heavy atom. The minimum atomic E-state index is -5.53. The zero-order valence-corrected chi connectivity index (χ0v) is 26.9. The van der Waals surface area contributed by atoms with Gasteiger partial charge < -0.3 is 20.9 Å². The quantitative estimate of drug-likeness (QED) is 0.0629. The van der Waals surface area contributed by atoms with E-state index in [4.69, 9.17) is 10.5 Å². The van der Waals surface area contributed by atoms with E-state index in [0.29, 0.717) is 75.5 Å². The second-order valence-corrected chi connectivity index (χ2v) is 11.3. The molecule has 13 nitrogen and oxygen atoms in total. The van der Waals surface area contributed by atoms with Gasteiger partial charge in [0.15, 0.2) is 22.9 Å². The fraction of sp³-hybridized carbons (Fsp3) is 0.147. The number of nitrogen functional groups attached to an aromatic ring is 1. The van der Waals surface area contributed by atoms with Gasteiger partial charge in [0.05, 0.1) is 5.69 Å². The highest BCUT2D eigenvalue weighted by atomic mass is 19.4. The standard InChI is InChI=1S/C34H23F6N11O2/c35-23-22(34(38,39)40)24(36)33(51-29(23)37)53-17-4-1-16(2-5-17)3-6-19-18(7-8-44-31-28-32(50-15-49-31)46-12-10-43-28)20(13-21(52)25(19)41)26-27-30(48-14-47-26)45-11-9-42-27/h1-2,4-5,9-15,52H,3,6-8,41H2,(H,44,46,49,50). The van der Waals surface area contributed by atoms with E-state index in [1.54, 1.807) is 0 Å². The number of aromatic hydroxyl groups is 1. The maximum absolute atomic E-state index is 14.5. The number of rotatable bonds is 10. The van der Waals surface area contributed by atoms with Crippen molar-refractivity contribution in [3.63, 3.8) is 0 Å². The molecule has 0 amide bonds. The van der Waals surface area contributed by atoms with Crippen LogP contribution in [0.1, 0.15) is 22.3 Å².